The predicted molar refractivity (Wildman–Crippen MR) is 60.8 cm³/mol. The summed E-state index contributed by atoms with van der Waals surface area (Å²) in [5, 5.41) is 17.7. The average Bonchev–Trinajstić information content (AvgIpc) is 2.15. The molecule has 15 heavy (non-hydrogen) atoms. The Morgan fingerprint density at radius 1 is 1.20 bits per heavy atom. The zero-order valence-electron chi connectivity index (χ0n) is 9.91. The van der Waals surface area contributed by atoms with Crippen LogP contribution in [0, 0.1) is 5.92 Å². The summed E-state index contributed by atoms with van der Waals surface area (Å²) in [5.41, 5.74) is 0. The number of aliphatic hydroxyl groups is 1. The van der Waals surface area contributed by atoms with E-state index < -0.39 is 12.1 Å². The second-order valence-corrected chi connectivity index (χ2v) is 4.40. The molecule has 0 heterocycles. The molecule has 2 atom stereocenters. The highest BCUT2D eigenvalue weighted by Crippen LogP contribution is 2.14. The Hall–Kier alpha value is -0.570. The van der Waals surface area contributed by atoms with Gasteiger partial charge in [-0.2, -0.15) is 0 Å². The Labute approximate surface area is 92.5 Å². The van der Waals surface area contributed by atoms with Crippen molar-refractivity contribution in [2.75, 3.05) is 0 Å². The normalized spacial score (nSPS) is 14.9. The molecule has 2 N–H and O–H groups in total. The lowest BCUT2D eigenvalue weighted by molar-refractivity contribution is -0.139. The van der Waals surface area contributed by atoms with Crippen LogP contribution in [0.2, 0.25) is 0 Å². The molecular weight excluding hydrogens is 192 g/mol. The smallest absolute Gasteiger partial charge is 0.305 e. The maximum Gasteiger partial charge on any atom is 0.305 e. The summed E-state index contributed by atoms with van der Waals surface area (Å²) in [7, 11) is 0. The van der Waals surface area contributed by atoms with Crippen LogP contribution < -0.4 is 0 Å². The average molecular weight is 216 g/mol. The summed E-state index contributed by atoms with van der Waals surface area (Å²) in [6, 6.07) is 0. The van der Waals surface area contributed by atoms with E-state index in [9.17, 15) is 9.90 Å². The van der Waals surface area contributed by atoms with Crippen molar-refractivity contribution in [3.63, 3.8) is 0 Å². The number of aliphatic hydroxyl groups excluding tert-OH is 1. The van der Waals surface area contributed by atoms with Crippen molar-refractivity contribution in [3.8, 4) is 0 Å². The largest absolute Gasteiger partial charge is 0.481 e. The standard InChI is InChI=1S/C12H24O3/c1-3-10(2)7-5-4-6-8-11(13)9-12(14)15/h10-11,13H,3-9H2,1-2H3,(H,14,15). The molecule has 0 amide bonds. The molecule has 0 aliphatic rings. The zero-order valence-corrected chi connectivity index (χ0v) is 9.91. The number of unbranched alkanes of at least 4 members (excludes halogenated alkanes) is 2. The molecule has 0 aromatic carbocycles. The van der Waals surface area contributed by atoms with Gasteiger partial charge in [0.2, 0.25) is 0 Å². The van der Waals surface area contributed by atoms with Crippen LogP contribution >= 0.6 is 0 Å². The Morgan fingerprint density at radius 3 is 2.33 bits per heavy atom. The summed E-state index contributed by atoms with van der Waals surface area (Å²) in [5.74, 6) is -0.129. The number of carboxylic acids is 1. The Morgan fingerprint density at radius 2 is 1.80 bits per heavy atom. The Balaban J connectivity index is 3.27. The molecule has 0 saturated carbocycles. The van der Waals surface area contributed by atoms with Crippen molar-refractivity contribution < 1.29 is 15.0 Å². The number of hydrogen-bond acceptors (Lipinski definition) is 2. The lowest BCUT2D eigenvalue weighted by Crippen LogP contribution is -2.12. The van der Waals surface area contributed by atoms with Crippen molar-refractivity contribution >= 4 is 5.97 Å². The molecule has 0 saturated heterocycles. The van der Waals surface area contributed by atoms with Crippen LogP contribution in [0.25, 0.3) is 0 Å². The van der Waals surface area contributed by atoms with Gasteiger partial charge in [-0.15, -0.1) is 0 Å². The maximum absolute atomic E-state index is 10.3. The molecule has 0 rings (SSSR count). The van der Waals surface area contributed by atoms with E-state index in [2.05, 4.69) is 13.8 Å². The molecule has 0 fully saturated rings. The van der Waals surface area contributed by atoms with Crippen LogP contribution in [0.4, 0.5) is 0 Å². The fraction of sp³-hybridized carbons (Fsp3) is 0.917. The summed E-state index contributed by atoms with van der Waals surface area (Å²) in [4.78, 5) is 10.3. The van der Waals surface area contributed by atoms with E-state index in [4.69, 9.17) is 5.11 Å². The second kappa shape index (κ2) is 8.72. The lowest BCUT2D eigenvalue weighted by atomic mass is 9.99. The van der Waals surface area contributed by atoms with Gasteiger partial charge in [0.1, 0.15) is 0 Å². The van der Waals surface area contributed by atoms with Gasteiger partial charge in [-0.05, 0) is 12.3 Å². The molecule has 0 radical (unpaired) electrons. The van der Waals surface area contributed by atoms with Crippen molar-refractivity contribution in [3.05, 3.63) is 0 Å². The molecule has 0 aliphatic carbocycles. The second-order valence-electron chi connectivity index (χ2n) is 4.40. The van der Waals surface area contributed by atoms with E-state index in [1.807, 2.05) is 0 Å². The monoisotopic (exact) mass is 216 g/mol. The first-order valence-electron chi connectivity index (χ1n) is 5.96. The van der Waals surface area contributed by atoms with E-state index in [-0.39, 0.29) is 6.42 Å². The highest BCUT2D eigenvalue weighted by Gasteiger charge is 2.08. The minimum absolute atomic E-state index is 0.120. The Kier molecular flexibility index (Phi) is 8.38. The first kappa shape index (κ1) is 14.4. The maximum atomic E-state index is 10.3. The molecule has 0 aromatic rings. The fourth-order valence-corrected chi connectivity index (χ4v) is 1.56. The quantitative estimate of drug-likeness (QED) is 0.583. The highest BCUT2D eigenvalue weighted by atomic mass is 16.4. The molecule has 0 aliphatic heterocycles. The van der Waals surface area contributed by atoms with Crippen molar-refractivity contribution in [2.24, 2.45) is 5.92 Å². The first-order chi connectivity index (χ1) is 7.06. The number of rotatable bonds is 9. The van der Waals surface area contributed by atoms with Crippen LogP contribution in [0.1, 0.15) is 58.8 Å². The predicted octanol–water partition coefficient (Wildman–Crippen LogP) is 2.82. The van der Waals surface area contributed by atoms with Gasteiger partial charge in [0, 0.05) is 0 Å². The molecule has 0 aromatic heterocycles. The molecule has 3 nitrogen and oxygen atoms in total. The SMILES string of the molecule is CCC(C)CCCCCC(O)CC(=O)O. The van der Waals surface area contributed by atoms with Crippen molar-refractivity contribution in [1.29, 1.82) is 0 Å². The van der Waals surface area contributed by atoms with Crippen LogP contribution in [-0.4, -0.2) is 22.3 Å². The molecule has 3 heteroatoms. The van der Waals surface area contributed by atoms with Crippen molar-refractivity contribution in [2.45, 2.75) is 64.9 Å². The first-order valence-corrected chi connectivity index (χ1v) is 5.96. The number of carboxylic acid groups (broad SMARTS) is 1. The van der Waals surface area contributed by atoms with Gasteiger partial charge in [0.05, 0.1) is 12.5 Å². The third-order valence-corrected chi connectivity index (χ3v) is 2.84. The van der Waals surface area contributed by atoms with Gasteiger partial charge in [0.25, 0.3) is 0 Å². The van der Waals surface area contributed by atoms with E-state index in [1.54, 1.807) is 0 Å². The summed E-state index contributed by atoms with van der Waals surface area (Å²) in [6.07, 6.45) is 5.53. The third-order valence-electron chi connectivity index (χ3n) is 2.84. The van der Waals surface area contributed by atoms with E-state index in [1.165, 1.54) is 19.3 Å². The Bertz CT molecular complexity index is 168. The minimum Gasteiger partial charge on any atom is -0.481 e. The minimum atomic E-state index is -0.915. The number of hydrogen-bond donors (Lipinski definition) is 2. The van der Waals surface area contributed by atoms with Gasteiger partial charge in [-0.25, -0.2) is 0 Å². The van der Waals surface area contributed by atoms with Crippen LogP contribution in [0.5, 0.6) is 0 Å². The molecular formula is C12H24O3. The van der Waals surface area contributed by atoms with Crippen LogP contribution in [-0.2, 0) is 4.79 Å². The zero-order chi connectivity index (χ0) is 11.7. The highest BCUT2D eigenvalue weighted by molar-refractivity contribution is 5.67. The summed E-state index contributed by atoms with van der Waals surface area (Å²) >= 11 is 0. The van der Waals surface area contributed by atoms with Gasteiger partial charge in [0.15, 0.2) is 0 Å². The lowest BCUT2D eigenvalue weighted by Gasteiger charge is -2.09. The topological polar surface area (TPSA) is 57.5 Å². The molecule has 90 valence electrons. The number of aliphatic carboxylic acids is 1. The van der Waals surface area contributed by atoms with E-state index in [0.717, 1.165) is 18.8 Å². The molecule has 0 bridgehead atoms. The van der Waals surface area contributed by atoms with Gasteiger partial charge < -0.3 is 10.2 Å². The van der Waals surface area contributed by atoms with E-state index >= 15 is 0 Å². The summed E-state index contributed by atoms with van der Waals surface area (Å²) in [6.45, 7) is 4.44. The molecule has 2 unspecified atom stereocenters. The van der Waals surface area contributed by atoms with Gasteiger partial charge in [-0.3, -0.25) is 4.79 Å². The third kappa shape index (κ3) is 9.73. The van der Waals surface area contributed by atoms with Gasteiger partial charge in [-0.1, -0.05) is 46.0 Å². The van der Waals surface area contributed by atoms with Crippen LogP contribution in [0.15, 0.2) is 0 Å². The van der Waals surface area contributed by atoms with Gasteiger partial charge >= 0.3 is 5.97 Å². The fourth-order valence-electron chi connectivity index (χ4n) is 1.56. The van der Waals surface area contributed by atoms with Crippen molar-refractivity contribution in [1.82, 2.24) is 0 Å². The van der Waals surface area contributed by atoms with E-state index in [0.29, 0.717) is 6.42 Å². The molecule has 0 spiro atoms. The number of carbonyl (C=O) groups is 1. The van der Waals surface area contributed by atoms with Crippen LogP contribution in [0.3, 0.4) is 0 Å². The summed E-state index contributed by atoms with van der Waals surface area (Å²) < 4.78 is 0.